The number of nitrogens with one attached hydrogen (secondary N) is 1. The first-order valence-electron chi connectivity index (χ1n) is 8.88. The van der Waals surface area contributed by atoms with Gasteiger partial charge in [-0.3, -0.25) is 4.79 Å². The van der Waals surface area contributed by atoms with Gasteiger partial charge in [0.15, 0.2) is 11.6 Å². The van der Waals surface area contributed by atoms with Crippen molar-refractivity contribution < 1.29 is 13.6 Å². The van der Waals surface area contributed by atoms with Crippen LogP contribution in [0.15, 0.2) is 54.7 Å². The van der Waals surface area contributed by atoms with Crippen LogP contribution >= 0.6 is 0 Å². The highest BCUT2D eigenvalue weighted by atomic mass is 19.2. The summed E-state index contributed by atoms with van der Waals surface area (Å²) in [5.74, 6) is -1.40. The average Bonchev–Trinajstić information content (AvgIpc) is 3.10. The van der Waals surface area contributed by atoms with E-state index >= 15 is 0 Å². The third kappa shape index (κ3) is 5.00. The maximum atomic E-state index is 13.2. The summed E-state index contributed by atoms with van der Waals surface area (Å²) in [5, 5.41) is 7.08. The quantitative estimate of drug-likeness (QED) is 0.673. The van der Waals surface area contributed by atoms with Gasteiger partial charge >= 0.3 is 0 Å². The third-order valence-electron chi connectivity index (χ3n) is 4.37. The van der Waals surface area contributed by atoms with E-state index in [0.717, 1.165) is 24.1 Å². The maximum absolute atomic E-state index is 13.2. The van der Waals surface area contributed by atoms with Gasteiger partial charge < -0.3 is 5.32 Å². The number of benzene rings is 2. The van der Waals surface area contributed by atoms with Crippen molar-refractivity contribution in [2.75, 3.05) is 5.32 Å². The first-order chi connectivity index (χ1) is 13.0. The Morgan fingerprint density at radius 1 is 1.00 bits per heavy atom. The zero-order valence-electron chi connectivity index (χ0n) is 15.1. The molecule has 0 aliphatic heterocycles. The topological polar surface area (TPSA) is 46.9 Å². The normalized spacial score (nSPS) is 10.8. The number of rotatable bonds is 7. The van der Waals surface area contributed by atoms with Gasteiger partial charge in [-0.2, -0.15) is 5.10 Å². The van der Waals surface area contributed by atoms with Crippen LogP contribution in [0.1, 0.15) is 30.0 Å². The number of amides is 1. The van der Waals surface area contributed by atoms with E-state index < -0.39 is 11.6 Å². The smallest absolute Gasteiger partial charge is 0.225 e. The second kappa shape index (κ2) is 8.58. The molecule has 4 nitrogen and oxygen atoms in total. The molecular formula is C21H21F2N3O. The Labute approximate surface area is 156 Å². The van der Waals surface area contributed by atoms with Crippen molar-refractivity contribution in [2.24, 2.45) is 0 Å². The molecular weight excluding hydrogens is 348 g/mol. The number of aromatic nitrogens is 2. The van der Waals surface area contributed by atoms with Gasteiger partial charge in [0.25, 0.3) is 0 Å². The van der Waals surface area contributed by atoms with Crippen LogP contribution in [0.2, 0.25) is 0 Å². The van der Waals surface area contributed by atoms with Crippen LogP contribution in [0.3, 0.4) is 0 Å². The van der Waals surface area contributed by atoms with E-state index in [-0.39, 0.29) is 12.3 Å². The van der Waals surface area contributed by atoms with E-state index in [2.05, 4.69) is 41.6 Å². The zero-order valence-corrected chi connectivity index (χ0v) is 15.1. The molecule has 0 bridgehead atoms. The van der Waals surface area contributed by atoms with E-state index in [1.54, 1.807) is 16.9 Å². The summed E-state index contributed by atoms with van der Waals surface area (Å²) in [6, 6.07) is 13.7. The molecule has 1 heterocycles. The number of anilines is 1. The summed E-state index contributed by atoms with van der Waals surface area (Å²) in [4.78, 5) is 12.2. The molecule has 0 spiro atoms. The Morgan fingerprint density at radius 2 is 1.70 bits per heavy atom. The van der Waals surface area contributed by atoms with Gasteiger partial charge in [0.1, 0.15) is 5.82 Å². The second-order valence-corrected chi connectivity index (χ2v) is 6.34. The fraction of sp³-hybridized carbons (Fsp3) is 0.238. The van der Waals surface area contributed by atoms with Crippen molar-refractivity contribution in [2.45, 2.75) is 32.7 Å². The molecule has 0 aliphatic rings. The first-order valence-corrected chi connectivity index (χ1v) is 8.88. The van der Waals surface area contributed by atoms with Crippen LogP contribution in [-0.2, 0) is 24.2 Å². The van der Waals surface area contributed by atoms with Crippen LogP contribution in [0.5, 0.6) is 0 Å². The second-order valence-electron chi connectivity index (χ2n) is 6.34. The molecule has 6 heteroatoms. The molecule has 1 N–H and O–H groups in total. The summed E-state index contributed by atoms with van der Waals surface area (Å²) >= 11 is 0. The molecule has 27 heavy (non-hydrogen) atoms. The molecule has 0 aliphatic carbocycles. The lowest BCUT2D eigenvalue weighted by Gasteiger charge is -2.10. The molecule has 0 saturated carbocycles. The number of aryl methyl sites for hydroxylation is 2. The fourth-order valence-corrected chi connectivity index (χ4v) is 2.78. The van der Waals surface area contributed by atoms with Gasteiger partial charge in [-0.1, -0.05) is 37.3 Å². The molecule has 3 rings (SSSR count). The summed E-state index contributed by atoms with van der Waals surface area (Å²) in [5.41, 5.74) is 2.94. The number of hydrogen-bond donors (Lipinski definition) is 1. The standard InChI is InChI=1S/C21H21F2N3O/c1-2-15-3-5-17(6-4-15)14-26-20(11-12-24-26)25-21(27)10-8-16-7-9-18(22)19(23)13-16/h3-7,9,11-13H,2,8,10,14H2,1H3,(H,25,27). The number of halogens is 2. The Balaban J connectivity index is 1.58. The van der Waals surface area contributed by atoms with Crippen molar-refractivity contribution >= 4 is 11.7 Å². The number of nitrogens with zero attached hydrogens (tertiary/aromatic N) is 2. The minimum absolute atomic E-state index is 0.168. The first kappa shape index (κ1) is 18.8. The predicted molar refractivity (Wildman–Crippen MR) is 100 cm³/mol. The minimum atomic E-state index is -0.903. The van der Waals surface area contributed by atoms with Crippen molar-refractivity contribution in [1.82, 2.24) is 9.78 Å². The van der Waals surface area contributed by atoms with Crippen LogP contribution in [0.4, 0.5) is 14.6 Å². The van der Waals surface area contributed by atoms with Crippen molar-refractivity contribution in [3.05, 3.63) is 83.1 Å². The average molecular weight is 369 g/mol. The lowest BCUT2D eigenvalue weighted by Crippen LogP contribution is -2.16. The van der Waals surface area contributed by atoms with Crippen LogP contribution < -0.4 is 5.32 Å². The molecule has 1 aromatic heterocycles. The highest BCUT2D eigenvalue weighted by Gasteiger charge is 2.09. The highest BCUT2D eigenvalue weighted by molar-refractivity contribution is 5.89. The van der Waals surface area contributed by atoms with E-state index in [0.29, 0.717) is 24.3 Å². The largest absolute Gasteiger partial charge is 0.311 e. The molecule has 2 aromatic carbocycles. The lowest BCUT2D eigenvalue weighted by molar-refractivity contribution is -0.116. The van der Waals surface area contributed by atoms with Gasteiger partial charge in [-0.15, -0.1) is 0 Å². The predicted octanol–water partition coefficient (Wildman–Crippen LogP) is 4.34. The summed E-state index contributed by atoms with van der Waals surface area (Å²) in [6.45, 7) is 2.66. The fourth-order valence-electron chi connectivity index (χ4n) is 2.78. The highest BCUT2D eigenvalue weighted by Crippen LogP contribution is 2.14. The SMILES string of the molecule is CCc1ccc(Cn2nccc2NC(=O)CCc2ccc(F)c(F)c2)cc1. The van der Waals surface area contributed by atoms with Crippen LogP contribution in [-0.4, -0.2) is 15.7 Å². The Bertz CT molecular complexity index is 919. The van der Waals surface area contributed by atoms with E-state index in [1.807, 2.05) is 0 Å². The minimum Gasteiger partial charge on any atom is -0.311 e. The molecule has 3 aromatic rings. The monoisotopic (exact) mass is 369 g/mol. The molecule has 0 unspecified atom stereocenters. The molecule has 0 radical (unpaired) electrons. The Kier molecular flexibility index (Phi) is 5.96. The summed E-state index contributed by atoms with van der Waals surface area (Å²) < 4.78 is 27.9. The van der Waals surface area contributed by atoms with E-state index in [4.69, 9.17) is 0 Å². The van der Waals surface area contributed by atoms with E-state index in [9.17, 15) is 13.6 Å². The van der Waals surface area contributed by atoms with Crippen LogP contribution in [0, 0.1) is 11.6 Å². The van der Waals surface area contributed by atoms with Crippen molar-refractivity contribution in [1.29, 1.82) is 0 Å². The summed E-state index contributed by atoms with van der Waals surface area (Å²) in [6.07, 6.45) is 3.11. The van der Waals surface area contributed by atoms with Gasteiger partial charge in [0.2, 0.25) is 5.91 Å². The molecule has 0 fully saturated rings. The van der Waals surface area contributed by atoms with Gasteiger partial charge in [0.05, 0.1) is 12.7 Å². The van der Waals surface area contributed by atoms with E-state index in [1.165, 1.54) is 11.6 Å². The zero-order chi connectivity index (χ0) is 19.2. The Hall–Kier alpha value is -3.02. The van der Waals surface area contributed by atoms with Crippen molar-refractivity contribution in [3.63, 3.8) is 0 Å². The Morgan fingerprint density at radius 3 is 2.41 bits per heavy atom. The number of carbonyl (C=O) groups excluding carboxylic acids is 1. The third-order valence-corrected chi connectivity index (χ3v) is 4.37. The molecule has 1 amide bonds. The number of hydrogen-bond acceptors (Lipinski definition) is 2. The van der Waals surface area contributed by atoms with Crippen LogP contribution in [0.25, 0.3) is 0 Å². The molecule has 0 atom stereocenters. The van der Waals surface area contributed by atoms with Crippen molar-refractivity contribution in [3.8, 4) is 0 Å². The number of carbonyl (C=O) groups is 1. The van der Waals surface area contributed by atoms with Gasteiger partial charge in [-0.05, 0) is 41.7 Å². The molecule has 0 saturated heterocycles. The summed E-state index contributed by atoms with van der Waals surface area (Å²) in [7, 11) is 0. The van der Waals surface area contributed by atoms with Gasteiger partial charge in [-0.25, -0.2) is 13.5 Å². The van der Waals surface area contributed by atoms with Gasteiger partial charge in [0, 0.05) is 12.5 Å². The molecule has 140 valence electrons. The lowest BCUT2D eigenvalue weighted by atomic mass is 10.1. The maximum Gasteiger partial charge on any atom is 0.225 e.